The number of fused-ring (bicyclic) bond motifs is 2. The molecule has 1 aliphatic rings. The van der Waals surface area contributed by atoms with Crippen LogP contribution in [0.1, 0.15) is 54.0 Å². The van der Waals surface area contributed by atoms with Crippen molar-refractivity contribution in [2.24, 2.45) is 17.2 Å². The van der Waals surface area contributed by atoms with Crippen molar-refractivity contribution in [2.45, 2.75) is 112 Å². The first kappa shape index (κ1) is 64.5. The highest BCUT2D eigenvalue weighted by Gasteiger charge is 2.39. The molecule has 85 heavy (non-hydrogen) atoms. The minimum Gasteiger partial charge on any atom is -0.391 e. The van der Waals surface area contributed by atoms with Crippen molar-refractivity contribution in [3.63, 3.8) is 0 Å². The number of benzene rings is 4. The topological polar surface area (TPSA) is 339 Å². The summed E-state index contributed by atoms with van der Waals surface area (Å²) in [7, 11) is 3.21. The van der Waals surface area contributed by atoms with Gasteiger partial charge in [0.05, 0.1) is 17.7 Å². The maximum atomic E-state index is 15.2. The summed E-state index contributed by atoms with van der Waals surface area (Å²) in [4.78, 5) is 124. The smallest absolute Gasteiger partial charge is 0.391 e. The van der Waals surface area contributed by atoms with Gasteiger partial charge in [-0.2, -0.15) is 13.2 Å². The van der Waals surface area contributed by atoms with Crippen LogP contribution in [0, 0.1) is 0 Å². The highest BCUT2D eigenvalue weighted by Crippen LogP contribution is 2.30. The molecule has 3 heterocycles. The van der Waals surface area contributed by atoms with Gasteiger partial charge in [-0.3, -0.25) is 43.3 Å². The number of aliphatic hydroxyl groups excluding tert-OH is 1. The molecule has 26 heteroatoms. The summed E-state index contributed by atoms with van der Waals surface area (Å²) in [5, 5.41) is 29.7. The molecule has 0 aliphatic carbocycles. The van der Waals surface area contributed by atoms with Crippen LogP contribution in [0.2, 0.25) is 0 Å². The van der Waals surface area contributed by atoms with E-state index in [1.807, 2.05) is 54.6 Å². The summed E-state index contributed by atoms with van der Waals surface area (Å²) in [6.07, 6.45) is -1.51. The van der Waals surface area contributed by atoms with Crippen molar-refractivity contribution in [1.82, 2.24) is 46.8 Å². The van der Waals surface area contributed by atoms with Gasteiger partial charge in [0, 0.05) is 67.3 Å². The lowest BCUT2D eigenvalue weighted by atomic mass is 10.00. The van der Waals surface area contributed by atoms with E-state index in [2.05, 4.69) is 41.9 Å². The molecule has 1 fully saturated rings. The molecule has 0 bridgehead atoms. The Labute approximate surface area is 496 Å². The van der Waals surface area contributed by atoms with E-state index in [-0.39, 0.29) is 55.7 Å². The van der Waals surface area contributed by atoms with E-state index < -0.39 is 113 Å². The van der Waals surface area contributed by atoms with Crippen molar-refractivity contribution in [3.8, 4) is 0 Å². The number of hydrogen-bond donors (Lipinski definition) is 11. The minimum atomic E-state index is -4.62. The Balaban J connectivity index is 1.26. The van der Waals surface area contributed by atoms with Gasteiger partial charge in [0.1, 0.15) is 42.3 Å². The van der Waals surface area contributed by atoms with Crippen LogP contribution in [0.3, 0.4) is 0 Å². The first-order valence-electron chi connectivity index (χ1n) is 27.4. The number of rotatable bonds is 18. The Morgan fingerprint density at radius 3 is 2.16 bits per heavy atom. The Bertz CT molecular complexity index is 3320. The molecule has 0 radical (unpaired) electrons. The van der Waals surface area contributed by atoms with E-state index in [1.54, 1.807) is 30.5 Å². The highest BCUT2D eigenvalue weighted by molar-refractivity contribution is 8.76. The molecule has 1 saturated heterocycles. The third kappa shape index (κ3) is 18.0. The number of halogens is 3. The number of amides is 8. The van der Waals surface area contributed by atoms with Crippen molar-refractivity contribution >= 4 is 90.5 Å². The number of nitrogens with one attached hydrogen (secondary N) is 7. The molecular weight excluding hydrogens is 1140 g/mol. The first-order chi connectivity index (χ1) is 40.6. The number of H-pyrrole nitrogens is 1. The van der Waals surface area contributed by atoms with Crippen molar-refractivity contribution in [1.29, 1.82) is 0 Å². The molecule has 6 aromatic rings. The molecule has 9 atom stereocenters. The van der Waals surface area contributed by atoms with Gasteiger partial charge >= 0.3 is 6.18 Å². The van der Waals surface area contributed by atoms with E-state index in [9.17, 15) is 51.8 Å². The van der Waals surface area contributed by atoms with Crippen LogP contribution in [0.25, 0.3) is 21.7 Å². The van der Waals surface area contributed by atoms with Gasteiger partial charge in [0.25, 0.3) is 0 Å². The van der Waals surface area contributed by atoms with Crippen LogP contribution >= 0.6 is 21.6 Å². The van der Waals surface area contributed by atoms with E-state index in [1.165, 1.54) is 38.5 Å². The fraction of sp³-hybridized carbons (Fsp3) is 0.373. The van der Waals surface area contributed by atoms with Gasteiger partial charge in [-0.05, 0) is 96.4 Å². The number of primary amides is 1. The summed E-state index contributed by atoms with van der Waals surface area (Å²) in [5.74, 6) is -7.80. The summed E-state index contributed by atoms with van der Waals surface area (Å²) in [5.41, 5.74) is 19.9. The number of carbonyl (C=O) groups excluding carboxylic acids is 8. The van der Waals surface area contributed by atoms with Crippen molar-refractivity contribution < 1.29 is 56.6 Å². The molecule has 21 nitrogen and oxygen atoms in total. The Hall–Kier alpha value is -8.04. The molecule has 3 unspecified atom stereocenters. The maximum Gasteiger partial charge on any atom is 0.416 e. The van der Waals surface area contributed by atoms with Gasteiger partial charge in [-0.25, -0.2) is 0 Å². The lowest BCUT2D eigenvalue weighted by Gasteiger charge is -2.33. The molecule has 7 rings (SSSR count). The number of aliphatic hydroxyl groups is 1. The Morgan fingerprint density at radius 1 is 0.776 bits per heavy atom. The Morgan fingerprint density at radius 2 is 1.47 bits per heavy atom. The van der Waals surface area contributed by atoms with E-state index >= 15 is 4.79 Å². The molecule has 2 aromatic heterocycles. The number of likely N-dealkylation sites (N-methyl/N-ethyl adjacent to an activating group) is 1. The van der Waals surface area contributed by atoms with Gasteiger partial charge in [0.2, 0.25) is 47.3 Å². The predicted molar refractivity (Wildman–Crippen MR) is 318 cm³/mol. The van der Waals surface area contributed by atoms with E-state index in [4.69, 9.17) is 17.2 Å². The number of nitrogens with zero attached hydrogens (tertiary/aromatic N) is 2. The van der Waals surface area contributed by atoms with Crippen molar-refractivity contribution in [3.05, 3.63) is 150 Å². The quantitative estimate of drug-likeness (QED) is 0.0435. The normalized spacial score (nSPS) is 20.9. The minimum absolute atomic E-state index is 0.00141. The zero-order chi connectivity index (χ0) is 61.4. The van der Waals surface area contributed by atoms with Crippen LogP contribution in [-0.2, 0) is 70.2 Å². The van der Waals surface area contributed by atoms with Crippen molar-refractivity contribution in [2.75, 3.05) is 25.1 Å². The van der Waals surface area contributed by atoms with Crippen LogP contribution in [0.4, 0.5) is 13.2 Å². The second kappa shape index (κ2) is 30.2. The average Bonchev–Trinajstić information content (AvgIpc) is 3.29. The number of para-hydroxylation sites is 1. The molecule has 1 aliphatic heterocycles. The number of hydrogen-bond acceptors (Lipinski definition) is 14. The molecule has 4 aromatic carbocycles. The van der Waals surface area contributed by atoms with Gasteiger partial charge in [-0.15, -0.1) is 0 Å². The largest absolute Gasteiger partial charge is 0.416 e. The number of aromatic nitrogens is 2. The number of unbranched alkanes of at least 4 members (excludes halogenated alkanes) is 1. The number of alkyl halides is 3. The van der Waals surface area contributed by atoms with Crippen LogP contribution in [0.15, 0.2) is 122 Å². The summed E-state index contributed by atoms with van der Waals surface area (Å²) >= 11 is 0. The lowest BCUT2D eigenvalue weighted by Crippen LogP contribution is -2.62. The van der Waals surface area contributed by atoms with Gasteiger partial charge < -0.3 is 64.1 Å². The molecule has 452 valence electrons. The predicted octanol–water partition coefficient (Wildman–Crippen LogP) is 2.46. The number of aromatic amines is 1. The van der Waals surface area contributed by atoms with Gasteiger partial charge in [0.15, 0.2) is 0 Å². The third-order valence-electron chi connectivity index (χ3n) is 14.4. The monoisotopic (exact) mass is 1210 g/mol. The number of nitrogens with two attached hydrogens (primary N) is 3. The second-order valence-electron chi connectivity index (χ2n) is 20.8. The Kier molecular flexibility index (Phi) is 22.9. The first-order valence-corrected chi connectivity index (χ1v) is 29.9. The van der Waals surface area contributed by atoms with Crippen LogP contribution < -0.4 is 49.1 Å². The third-order valence-corrected chi connectivity index (χ3v) is 16.8. The lowest BCUT2D eigenvalue weighted by molar-refractivity contribution is -0.143. The average molecular weight is 1210 g/mol. The van der Waals surface area contributed by atoms with Gasteiger partial charge in [-0.1, -0.05) is 100 Å². The highest BCUT2D eigenvalue weighted by atomic mass is 33.1. The molecule has 8 amide bonds. The molecular formula is C59H69F3N12O9S2. The van der Waals surface area contributed by atoms with Crippen LogP contribution in [0.5, 0.6) is 0 Å². The van der Waals surface area contributed by atoms with Crippen LogP contribution in [-0.4, -0.2) is 147 Å². The molecule has 0 spiro atoms. The molecule has 14 N–H and O–H groups in total. The van der Waals surface area contributed by atoms with E-state index in [0.717, 1.165) is 60.3 Å². The fourth-order valence-corrected chi connectivity index (χ4v) is 12.0. The fourth-order valence-electron chi connectivity index (χ4n) is 9.68. The summed E-state index contributed by atoms with van der Waals surface area (Å²) < 4.78 is 40.2. The molecule has 0 saturated carbocycles. The number of carbonyl (C=O) groups is 8. The maximum absolute atomic E-state index is 15.2. The zero-order valence-corrected chi connectivity index (χ0v) is 48.2. The SMILES string of the molecule is C[C@@H](O)[C@@H]1NC(=O)[C@H](CCCCN)N(C)C(=O)C(Cc2c[nH]c3ccccc23)NC(=O)[C@H](Cc2cccnc2)NC(=O)C(NC(=O)[C@@H](N)Cc2ccc(C(F)(F)F)cc2)CSSCC(C(=O)N[C@@H](Cc2ccc3ccccc3c2)C(N)=O)NC1=O. The second-order valence-corrected chi connectivity index (χ2v) is 23.3. The van der Waals surface area contributed by atoms with E-state index in [0.29, 0.717) is 29.5 Å². The summed E-state index contributed by atoms with van der Waals surface area (Å²) in [6, 6.07) is 15.7. The summed E-state index contributed by atoms with van der Waals surface area (Å²) in [6.45, 7) is 1.46. The zero-order valence-electron chi connectivity index (χ0n) is 46.6. The number of pyridine rings is 1. The standard InChI is InChI=1S/C59H69F3N12O9S2/c1-33(75)50-57(82)72-48(54(79)68-44(51(65)76)26-35-16-19-37-11-3-4-12-38(37)24-35)32-85-84-31-47(71-52(77)42(64)25-34-17-20-40(21-18-34)59(60,61)62)55(80)69-45(27-36-10-9-23-66-29-36)53(78)70-46(28-39-30-67-43-14-6-5-13-41(39)43)58(83)74(2)49(56(81)73-50)15-7-8-22-63/h3-6,9-14,16-21,23-24,29-30,33,42,44-50,67,75H,7-8,15,22,25-28,31-32,63-64H2,1-2H3,(H2,65,76)(H,68,79)(H,69,80)(H,70,78)(H,71,77)(H,72,82)(H,73,81)/t33-,42+,44+,45+,46?,47?,48?,49+,50+/m1/s1.